The second kappa shape index (κ2) is 9.02. The number of carbonyl (C=O) groups is 2. The molecule has 0 amide bonds. The van der Waals surface area contributed by atoms with E-state index in [2.05, 4.69) is 12.1 Å². The number of benzene rings is 2. The van der Waals surface area contributed by atoms with Crippen LogP contribution >= 0.6 is 0 Å². The lowest BCUT2D eigenvalue weighted by molar-refractivity contribution is -0.135. The molecule has 0 spiro atoms. The third-order valence-electron chi connectivity index (χ3n) is 6.12. The largest absolute Gasteiger partial charge is 0.493 e. The van der Waals surface area contributed by atoms with E-state index in [9.17, 15) is 9.59 Å². The maximum atomic E-state index is 12.8. The SMILES string of the molecule is COC(=O)C(=O)c1cn(C)c2ccc3c(c12)CCCC=C3c1cc(OC)c(OC)c(OC)c1. The molecule has 1 aliphatic rings. The predicted octanol–water partition coefficient (Wildman–Crippen LogP) is 4.33. The van der Waals surface area contributed by atoms with Gasteiger partial charge in [-0.1, -0.05) is 12.1 Å². The molecule has 0 aliphatic heterocycles. The lowest BCUT2D eigenvalue weighted by Crippen LogP contribution is -2.15. The third kappa shape index (κ3) is 3.73. The summed E-state index contributed by atoms with van der Waals surface area (Å²) in [5, 5.41) is 0.797. The van der Waals surface area contributed by atoms with Crippen molar-refractivity contribution in [2.45, 2.75) is 19.3 Å². The maximum Gasteiger partial charge on any atom is 0.379 e. The first-order valence-electron chi connectivity index (χ1n) is 10.7. The van der Waals surface area contributed by atoms with Crippen LogP contribution in [0.3, 0.4) is 0 Å². The number of rotatable bonds is 6. The Balaban J connectivity index is 1.97. The summed E-state index contributed by atoms with van der Waals surface area (Å²) in [6, 6.07) is 7.92. The Labute approximate surface area is 192 Å². The van der Waals surface area contributed by atoms with E-state index >= 15 is 0 Å². The number of hydrogen-bond donors (Lipinski definition) is 0. The highest BCUT2D eigenvalue weighted by Gasteiger charge is 2.26. The summed E-state index contributed by atoms with van der Waals surface area (Å²) in [6.07, 6.45) is 6.47. The van der Waals surface area contributed by atoms with Gasteiger partial charge in [-0.05, 0) is 59.7 Å². The highest BCUT2D eigenvalue weighted by Crippen LogP contribution is 2.43. The Bertz CT molecular complexity index is 1260. The fourth-order valence-corrected chi connectivity index (χ4v) is 4.59. The van der Waals surface area contributed by atoms with Crippen LogP contribution in [0.5, 0.6) is 17.2 Å². The minimum absolute atomic E-state index is 0.363. The number of hydrogen-bond acceptors (Lipinski definition) is 6. The maximum absolute atomic E-state index is 12.8. The van der Waals surface area contributed by atoms with Crippen LogP contribution in [0.1, 0.15) is 39.9 Å². The molecule has 0 fully saturated rings. The van der Waals surface area contributed by atoms with Crippen molar-refractivity contribution in [3.63, 3.8) is 0 Å². The molecule has 172 valence electrons. The van der Waals surface area contributed by atoms with Gasteiger partial charge in [0.15, 0.2) is 11.5 Å². The monoisotopic (exact) mass is 449 g/mol. The fraction of sp³-hybridized carbons (Fsp3) is 0.308. The number of aromatic nitrogens is 1. The van der Waals surface area contributed by atoms with Crippen molar-refractivity contribution in [1.29, 1.82) is 0 Å². The number of Topliss-reactive ketones (excluding diaryl/α,β-unsaturated/α-hetero) is 1. The minimum Gasteiger partial charge on any atom is -0.493 e. The van der Waals surface area contributed by atoms with E-state index in [-0.39, 0.29) is 0 Å². The van der Waals surface area contributed by atoms with E-state index in [4.69, 9.17) is 18.9 Å². The molecule has 3 aromatic rings. The molecule has 33 heavy (non-hydrogen) atoms. The van der Waals surface area contributed by atoms with Crippen LogP contribution in [0.25, 0.3) is 16.5 Å². The van der Waals surface area contributed by atoms with Gasteiger partial charge in [-0.3, -0.25) is 4.79 Å². The van der Waals surface area contributed by atoms with E-state index in [1.807, 2.05) is 29.8 Å². The summed E-state index contributed by atoms with van der Waals surface area (Å²) < 4.78 is 23.2. The van der Waals surface area contributed by atoms with Crippen molar-refractivity contribution < 1.29 is 28.5 Å². The predicted molar refractivity (Wildman–Crippen MR) is 125 cm³/mol. The molecular formula is C26H27NO6. The molecule has 0 bridgehead atoms. The number of esters is 1. The van der Waals surface area contributed by atoms with Gasteiger partial charge in [-0.25, -0.2) is 4.79 Å². The molecule has 7 heteroatoms. The van der Waals surface area contributed by atoms with E-state index in [1.54, 1.807) is 27.5 Å². The van der Waals surface area contributed by atoms with Gasteiger partial charge in [0.25, 0.3) is 5.78 Å². The third-order valence-corrected chi connectivity index (χ3v) is 6.12. The summed E-state index contributed by atoms with van der Waals surface area (Å²) in [7, 11) is 7.85. The van der Waals surface area contributed by atoms with E-state index in [0.717, 1.165) is 52.4 Å². The number of fused-ring (bicyclic) bond motifs is 3. The van der Waals surface area contributed by atoms with Crippen molar-refractivity contribution in [3.05, 3.63) is 58.8 Å². The summed E-state index contributed by atoms with van der Waals surface area (Å²) in [5.74, 6) is 0.164. The first-order chi connectivity index (χ1) is 15.9. The Kier molecular flexibility index (Phi) is 6.14. The molecule has 1 aromatic heterocycles. The van der Waals surface area contributed by atoms with Gasteiger partial charge < -0.3 is 23.5 Å². The Morgan fingerprint density at radius 1 is 0.970 bits per heavy atom. The lowest BCUT2D eigenvalue weighted by Gasteiger charge is -2.17. The molecule has 1 aliphatic carbocycles. The molecule has 1 heterocycles. The van der Waals surface area contributed by atoms with Crippen molar-refractivity contribution >= 4 is 28.2 Å². The molecular weight excluding hydrogens is 422 g/mol. The zero-order chi connectivity index (χ0) is 23.7. The van der Waals surface area contributed by atoms with Gasteiger partial charge in [0.2, 0.25) is 5.75 Å². The van der Waals surface area contributed by atoms with E-state index in [0.29, 0.717) is 22.8 Å². The van der Waals surface area contributed by atoms with Gasteiger partial charge in [0.1, 0.15) is 0 Å². The van der Waals surface area contributed by atoms with Gasteiger partial charge >= 0.3 is 5.97 Å². The highest BCUT2D eigenvalue weighted by molar-refractivity contribution is 6.43. The van der Waals surface area contributed by atoms with Gasteiger partial charge in [0.05, 0.1) is 34.0 Å². The van der Waals surface area contributed by atoms with Crippen LogP contribution in [-0.4, -0.2) is 44.8 Å². The molecule has 0 saturated carbocycles. The van der Waals surface area contributed by atoms with Crippen molar-refractivity contribution in [2.24, 2.45) is 7.05 Å². The first kappa shape index (κ1) is 22.5. The Hall–Kier alpha value is -3.74. The van der Waals surface area contributed by atoms with Crippen molar-refractivity contribution in [1.82, 2.24) is 4.57 Å². The topological polar surface area (TPSA) is 76.0 Å². The fourth-order valence-electron chi connectivity index (χ4n) is 4.59. The highest BCUT2D eigenvalue weighted by atomic mass is 16.5. The number of ketones is 1. The zero-order valence-electron chi connectivity index (χ0n) is 19.5. The van der Waals surface area contributed by atoms with Crippen LogP contribution in [0.15, 0.2) is 36.5 Å². The quantitative estimate of drug-likeness (QED) is 0.317. The average Bonchev–Trinajstić information content (AvgIpc) is 3.03. The molecule has 4 rings (SSSR count). The van der Waals surface area contributed by atoms with Crippen LogP contribution in [0.4, 0.5) is 0 Å². The smallest absolute Gasteiger partial charge is 0.379 e. The van der Waals surface area contributed by atoms with Gasteiger partial charge in [-0.2, -0.15) is 0 Å². The van der Waals surface area contributed by atoms with Gasteiger partial charge in [-0.15, -0.1) is 0 Å². The normalized spacial score (nSPS) is 13.1. The summed E-state index contributed by atoms with van der Waals surface area (Å²) >= 11 is 0. The molecule has 0 saturated heterocycles. The number of methoxy groups -OCH3 is 4. The van der Waals surface area contributed by atoms with Crippen molar-refractivity contribution in [2.75, 3.05) is 28.4 Å². The second-order valence-electron chi connectivity index (χ2n) is 7.88. The average molecular weight is 450 g/mol. The Morgan fingerprint density at radius 3 is 2.27 bits per heavy atom. The van der Waals surface area contributed by atoms with E-state index < -0.39 is 11.8 Å². The molecule has 0 unspecified atom stereocenters. The summed E-state index contributed by atoms with van der Waals surface area (Å²) in [6.45, 7) is 0. The molecule has 7 nitrogen and oxygen atoms in total. The van der Waals surface area contributed by atoms with Crippen LogP contribution < -0.4 is 14.2 Å². The summed E-state index contributed by atoms with van der Waals surface area (Å²) in [5.41, 5.74) is 5.25. The molecule has 0 atom stereocenters. The van der Waals surface area contributed by atoms with Gasteiger partial charge in [0, 0.05) is 24.1 Å². The Morgan fingerprint density at radius 2 is 1.67 bits per heavy atom. The number of allylic oxidation sites excluding steroid dienone is 1. The number of ether oxygens (including phenoxy) is 4. The molecule has 2 aromatic carbocycles. The standard InChI is InChI=1S/C26H27NO6/c1-27-14-19(24(28)26(29)33-5)23-18-9-7-6-8-16(17(18)10-11-20(23)27)15-12-21(30-2)25(32-4)22(13-15)31-3/h8,10-14H,6-7,9H2,1-5H3. The molecule has 0 radical (unpaired) electrons. The van der Waals surface area contributed by atoms with Crippen LogP contribution in [0.2, 0.25) is 0 Å². The minimum atomic E-state index is -0.867. The number of nitrogens with zero attached hydrogens (tertiary/aromatic N) is 1. The van der Waals surface area contributed by atoms with Crippen LogP contribution in [-0.2, 0) is 23.0 Å². The summed E-state index contributed by atoms with van der Waals surface area (Å²) in [4.78, 5) is 24.9. The number of aryl methyl sites for hydroxylation is 2. The molecule has 0 N–H and O–H groups in total. The van der Waals surface area contributed by atoms with E-state index in [1.165, 1.54) is 7.11 Å². The first-order valence-corrected chi connectivity index (χ1v) is 10.7. The van der Waals surface area contributed by atoms with Crippen LogP contribution in [0, 0.1) is 0 Å². The second-order valence-corrected chi connectivity index (χ2v) is 7.88. The number of carbonyl (C=O) groups excluding carboxylic acids is 2. The zero-order valence-corrected chi connectivity index (χ0v) is 19.5. The lowest BCUT2D eigenvalue weighted by atomic mass is 9.90. The van der Waals surface area contributed by atoms with Crippen molar-refractivity contribution in [3.8, 4) is 17.2 Å².